The van der Waals surface area contributed by atoms with Crippen LogP contribution in [-0.4, -0.2) is 64.8 Å². The van der Waals surface area contributed by atoms with Crippen molar-refractivity contribution in [3.05, 3.63) is 95.8 Å². The molecular formula is C38H44N8O7S. The average molecular weight is 757 g/mol. The van der Waals surface area contributed by atoms with Gasteiger partial charge in [0.1, 0.15) is 24.1 Å². The van der Waals surface area contributed by atoms with E-state index in [0.717, 1.165) is 32.7 Å². The number of ether oxygens (including phenoxy) is 2. The van der Waals surface area contributed by atoms with Crippen molar-refractivity contribution in [1.82, 2.24) is 25.1 Å². The fourth-order valence-corrected chi connectivity index (χ4v) is 6.41. The van der Waals surface area contributed by atoms with E-state index in [2.05, 4.69) is 15.4 Å². The zero-order chi connectivity index (χ0) is 39.4. The summed E-state index contributed by atoms with van der Waals surface area (Å²) in [4.78, 5) is 52.3. The zero-order valence-corrected chi connectivity index (χ0v) is 32.0. The van der Waals surface area contributed by atoms with Gasteiger partial charge in [-0.05, 0) is 88.6 Å². The van der Waals surface area contributed by atoms with E-state index in [-0.39, 0.29) is 36.0 Å². The van der Waals surface area contributed by atoms with Crippen LogP contribution in [-0.2, 0) is 42.7 Å². The number of amides is 2. The maximum Gasteiger partial charge on any atom is 0.408 e. The van der Waals surface area contributed by atoms with E-state index in [1.165, 1.54) is 18.3 Å². The van der Waals surface area contributed by atoms with Crippen molar-refractivity contribution in [2.75, 3.05) is 16.8 Å². The molecule has 0 aliphatic heterocycles. The lowest BCUT2D eigenvalue weighted by Crippen LogP contribution is -2.45. The number of hydrogen-bond acceptors (Lipinski definition) is 11. The number of sulfonamides is 1. The first-order valence-electron chi connectivity index (χ1n) is 17.1. The van der Waals surface area contributed by atoms with E-state index in [0.29, 0.717) is 11.4 Å². The fraction of sp³-hybridized carbons (Fsp3) is 0.316. The third-order valence-electron chi connectivity index (χ3n) is 8.51. The Bertz CT molecular complexity index is 2290. The molecule has 0 unspecified atom stereocenters. The van der Waals surface area contributed by atoms with Gasteiger partial charge in [-0.1, -0.05) is 36.4 Å². The molecule has 0 saturated heterocycles. The Morgan fingerprint density at radius 2 is 1.69 bits per heavy atom. The summed E-state index contributed by atoms with van der Waals surface area (Å²) in [6.07, 6.45) is 0.0566. The van der Waals surface area contributed by atoms with E-state index >= 15 is 0 Å². The number of aromatic nitrogens is 4. The second kappa shape index (κ2) is 16.0. The van der Waals surface area contributed by atoms with Crippen LogP contribution in [0.3, 0.4) is 0 Å². The molecule has 15 nitrogen and oxygen atoms in total. The van der Waals surface area contributed by atoms with Gasteiger partial charge < -0.3 is 19.7 Å². The van der Waals surface area contributed by atoms with Gasteiger partial charge in [-0.15, -0.1) is 0 Å². The molecule has 0 saturated carbocycles. The first-order chi connectivity index (χ1) is 25.4. The van der Waals surface area contributed by atoms with Gasteiger partial charge in [0.25, 0.3) is 0 Å². The lowest BCUT2D eigenvalue weighted by Gasteiger charge is -2.25. The van der Waals surface area contributed by atoms with Gasteiger partial charge in [0, 0.05) is 43.5 Å². The second-order valence-electron chi connectivity index (χ2n) is 13.7. The van der Waals surface area contributed by atoms with Crippen LogP contribution in [0.1, 0.15) is 50.4 Å². The highest BCUT2D eigenvalue weighted by Gasteiger charge is 2.30. The molecule has 3 N–H and O–H groups in total. The van der Waals surface area contributed by atoms with Crippen LogP contribution in [0.4, 0.5) is 27.9 Å². The van der Waals surface area contributed by atoms with Crippen molar-refractivity contribution < 1.29 is 32.3 Å². The Balaban J connectivity index is 1.48. The van der Waals surface area contributed by atoms with Crippen molar-refractivity contribution in [3.8, 4) is 0 Å². The Hall–Kier alpha value is -5.87. The number of carbonyl (C=O) groups excluding carboxylic acids is 3. The molecule has 284 valence electrons. The third-order valence-corrected chi connectivity index (χ3v) is 9.56. The number of fused-ring (bicyclic) bond motifs is 1. The van der Waals surface area contributed by atoms with Crippen molar-refractivity contribution in [3.63, 3.8) is 0 Å². The van der Waals surface area contributed by atoms with E-state index in [4.69, 9.17) is 19.6 Å². The number of primary sulfonamides is 1. The number of nitrogens with one attached hydrogen (secondary N) is 1. The van der Waals surface area contributed by atoms with Crippen molar-refractivity contribution in [2.24, 2.45) is 12.2 Å². The third kappa shape index (κ3) is 9.56. The van der Waals surface area contributed by atoms with Gasteiger partial charge in [-0.25, -0.2) is 33.0 Å². The predicted molar refractivity (Wildman–Crippen MR) is 204 cm³/mol. The monoisotopic (exact) mass is 756 g/mol. The minimum atomic E-state index is -4.19. The summed E-state index contributed by atoms with van der Waals surface area (Å²) in [5.74, 6) is -1.06. The molecule has 0 fully saturated rings. The molecule has 54 heavy (non-hydrogen) atoms. The van der Waals surface area contributed by atoms with Crippen LogP contribution >= 0.6 is 0 Å². The standard InChI is InChI=1S/C38H44N8O7S/c1-24-13-14-28(22-32(24)54(39,50)51)46(36-40-20-19-33(42-36)44(6)27-15-16-29-25(2)45(7)43-31(29)21-27)34(47)18-17-30(41-37(49)53-38(3,4)5)35(48)52-23-26-11-9-8-10-12-26/h8-16,19-22,30H,17-18,23H2,1-7H3,(H,41,49)(H2,39,50,51)/t30-/m0/s1. The quantitative estimate of drug-likeness (QED) is 0.153. The van der Waals surface area contributed by atoms with Gasteiger partial charge in [0.05, 0.1) is 16.1 Å². The summed E-state index contributed by atoms with van der Waals surface area (Å²) in [5.41, 5.74) is 2.92. The second-order valence-corrected chi connectivity index (χ2v) is 15.3. The van der Waals surface area contributed by atoms with Crippen molar-refractivity contribution in [1.29, 1.82) is 0 Å². The lowest BCUT2D eigenvalue weighted by atomic mass is 10.1. The average Bonchev–Trinajstić information content (AvgIpc) is 3.40. The number of anilines is 4. The Labute approximate surface area is 314 Å². The highest BCUT2D eigenvalue weighted by Crippen LogP contribution is 2.31. The molecule has 0 spiro atoms. The summed E-state index contributed by atoms with van der Waals surface area (Å²) in [7, 11) is -0.515. The molecule has 0 aliphatic carbocycles. The number of hydrogen-bond donors (Lipinski definition) is 2. The Morgan fingerprint density at radius 1 is 0.981 bits per heavy atom. The van der Waals surface area contributed by atoms with Crippen LogP contribution in [0, 0.1) is 13.8 Å². The van der Waals surface area contributed by atoms with Crippen molar-refractivity contribution in [2.45, 2.75) is 70.6 Å². The highest BCUT2D eigenvalue weighted by molar-refractivity contribution is 7.89. The Morgan fingerprint density at radius 3 is 2.37 bits per heavy atom. The molecule has 0 aliphatic rings. The number of nitrogens with zero attached hydrogens (tertiary/aromatic N) is 6. The molecular weight excluding hydrogens is 713 g/mol. The highest BCUT2D eigenvalue weighted by atomic mass is 32.2. The van der Waals surface area contributed by atoms with Crippen molar-refractivity contribution >= 4 is 62.0 Å². The van der Waals surface area contributed by atoms with Crippen LogP contribution in [0.2, 0.25) is 0 Å². The normalized spacial score (nSPS) is 12.2. The van der Waals surface area contributed by atoms with E-state index in [9.17, 15) is 22.8 Å². The van der Waals surface area contributed by atoms with Crippen LogP contribution in [0.5, 0.6) is 0 Å². The number of aryl methyl sites for hydroxylation is 3. The number of benzene rings is 3. The summed E-state index contributed by atoms with van der Waals surface area (Å²) in [6.45, 7) is 8.53. The molecule has 3 aromatic carbocycles. The number of alkyl carbamates (subject to hydrolysis) is 1. The topological polar surface area (TPSA) is 192 Å². The van der Waals surface area contributed by atoms with Gasteiger partial charge in [-0.3, -0.25) is 9.48 Å². The lowest BCUT2D eigenvalue weighted by molar-refractivity contribution is -0.147. The minimum Gasteiger partial charge on any atom is -0.459 e. The molecule has 0 bridgehead atoms. The molecule has 2 heterocycles. The maximum atomic E-state index is 14.3. The van der Waals surface area contributed by atoms with Crippen LogP contribution in [0.25, 0.3) is 10.9 Å². The van der Waals surface area contributed by atoms with Gasteiger partial charge in [-0.2, -0.15) is 10.1 Å². The van der Waals surface area contributed by atoms with E-state index in [1.54, 1.807) is 80.7 Å². The first kappa shape index (κ1) is 39.3. The smallest absolute Gasteiger partial charge is 0.408 e. The molecule has 16 heteroatoms. The SMILES string of the molecule is Cc1ccc(N(C(=O)CC[C@H](NC(=O)OC(C)(C)C)C(=O)OCc2ccccc2)c2nccc(N(C)c3ccc4c(C)n(C)nc4c3)n2)cc1S(N)(=O)=O. The van der Waals surface area contributed by atoms with Crippen LogP contribution < -0.4 is 20.3 Å². The molecule has 0 radical (unpaired) electrons. The molecule has 5 rings (SSSR count). The van der Waals surface area contributed by atoms with Crippen LogP contribution in [0.15, 0.2) is 83.9 Å². The molecule has 1 atom stereocenters. The summed E-state index contributed by atoms with van der Waals surface area (Å²) in [5, 5.41) is 13.6. The fourth-order valence-electron chi connectivity index (χ4n) is 5.61. The largest absolute Gasteiger partial charge is 0.459 e. The van der Waals surface area contributed by atoms with Gasteiger partial charge >= 0.3 is 12.1 Å². The molecule has 2 aromatic heterocycles. The predicted octanol–water partition coefficient (Wildman–Crippen LogP) is 5.48. The summed E-state index contributed by atoms with van der Waals surface area (Å²) in [6, 6.07) is 19.5. The molecule has 2 amide bonds. The van der Waals surface area contributed by atoms with E-state index < -0.39 is 39.6 Å². The summed E-state index contributed by atoms with van der Waals surface area (Å²) < 4.78 is 37.8. The Kier molecular flexibility index (Phi) is 11.7. The zero-order valence-electron chi connectivity index (χ0n) is 31.2. The van der Waals surface area contributed by atoms with E-state index in [1.807, 2.05) is 38.2 Å². The maximum absolute atomic E-state index is 14.3. The number of esters is 1. The number of carbonyl (C=O) groups is 3. The first-order valence-corrected chi connectivity index (χ1v) is 18.6. The van der Waals surface area contributed by atoms with Gasteiger partial charge in [0.2, 0.25) is 21.9 Å². The molecule has 5 aromatic rings. The number of rotatable bonds is 12. The summed E-state index contributed by atoms with van der Waals surface area (Å²) >= 11 is 0. The minimum absolute atomic E-state index is 0.0625. The number of nitrogens with two attached hydrogens (primary N) is 1. The van der Waals surface area contributed by atoms with Gasteiger partial charge in [0.15, 0.2) is 0 Å².